The number of hydrogen-bond donors (Lipinski definition) is 0. The summed E-state index contributed by atoms with van der Waals surface area (Å²) in [6.07, 6.45) is 0.157. The zero-order chi connectivity index (χ0) is 17.8. The Labute approximate surface area is 149 Å². The molecule has 8 nitrogen and oxygen atoms in total. The predicted molar refractivity (Wildman–Crippen MR) is 93.4 cm³/mol. The van der Waals surface area contributed by atoms with Crippen LogP contribution < -0.4 is 9.47 Å². The normalized spacial score (nSPS) is 13.0. The Morgan fingerprint density at radius 1 is 1.24 bits per heavy atom. The molecule has 1 aliphatic heterocycles. The number of methoxy groups -OCH3 is 2. The predicted octanol–water partition coefficient (Wildman–Crippen LogP) is 2.23. The molecule has 0 atom stereocenters. The van der Waals surface area contributed by atoms with E-state index in [1.54, 1.807) is 31.9 Å². The maximum Gasteiger partial charge on any atom is 0.311 e. The number of ether oxygens (including phenoxy) is 3. The first-order valence-electron chi connectivity index (χ1n) is 7.69. The van der Waals surface area contributed by atoms with E-state index in [1.165, 1.54) is 11.8 Å². The molecule has 1 aromatic heterocycles. The molecule has 0 saturated carbocycles. The van der Waals surface area contributed by atoms with Crippen LogP contribution in [0.1, 0.15) is 13.3 Å². The topological polar surface area (TPSA) is 87.8 Å². The van der Waals surface area contributed by atoms with E-state index in [0.717, 1.165) is 11.3 Å². The van der Waals surface area contributed by atoms with Crippen LogP contribution >= 0.6 is 11.8 Å². The highest BCUT2D eigenvalue weighted by Gasteiger charge is 2.22. The minimum Gasteiger partial charge on any atom is -0.493 e. The number of carbonyl (C=O) groups is 1. The van der Waals surface area contributed by atoms with Gasteiger partial charge in [0.05, 0.1) is 33.0 Å². The highest BCUT2D eigenvalue weighted by Crippen LogP contribution is 2.33. The van der Waals surface area contributed by atoms with Gasteiger partial charge in [0.25, 0.3) is 0 Å². The molecule has 0 bridgehead atoms. The van der Waals surface area contributed by atoms with Gasteiger partial charge in [-0.3, -0.25) is 4.79 Å². The molecular formula is C16H18N4O4S. The van der Waals surface area contributed by atoms with E-state index in [2.05, 4.69) is 15.3 Å². The Morgan fingerprint density at radius 3 is 2.76 bits per heavy atom. The van der Waals surface area contributed by atoms with E-state index in [4.69, 9.17) is 14.2 Å². The van der Waals surface area contributed by atoms with Crippen molar-refractivity contribution in [2.24, 2.45) is 5.10 Å². The van der Waals surface area contributed by atoms with Crippen molar-refractivity contribution in [1.82, 2.24) is 14.9 Å². The van der Waals surface area contributed by atoms with Crippen molar-refractivity contribution in [3.63, 3.8) is 0 Å². The summed E-state index contributed by atoms with van der Waals surface area (Å²) in [7, 11) is 3.16. The number of aromatic nitrogens is 3. The quantitative estimate of drug-likeness (QED) is 0.728. The zero-order valence-corrected chi connectivity index (χ0v) is 15.0. The van der Waals surface area contributed by atoms with Crippen LogP contribution in [0.15, 0.2) is 28.5 Å². The highest BCUT2D eigenvalue weighted by atomic mass is 32.2. The minimum absolute atomic E-state index is 0.157. The summed E-state index contributed by atoms with van der Waals surface area (Å²) in [4.78, 5) is 11.7. The van der Waals surface area contributed by atoms with Gasteiger partial charge in [-0.2, -0.15) is 9.78 Å². The Kier molecular flexibility index (Phi) is 5.22. The van der Waals surface area contributed by atoms with E-state index >= 15 is 0 Å². The summed E-state index contributed by atoms with van der Waals surface area (Å²) in [5, 5.41) is 13.6. The van der Waals surface area contributed by atoms with Crippen LogP contribution in [0.25, 0.3) is 11.4 Å². The second kappa shape index (κ2) is 7.56. The van der Waals surface area contributed by atoms with Crippen molar-refractivity contribution >= 4 is 23.4 Å². The lowest BCUT2D eigenvalue weighted by molar-refractivity contribution is -0.141. The Balaban J connectivity index is 1.93. The molecule has 3 rings (SSSR count). The Hall–Kier alpha value is -2.55. The Morgan fingerprint density at radius 2 is 2.04 bits per heavy atom. The molecule has 132 valence electrons. The molecule has 2 aromatic rings. The van der Waals surface area contributed by atoms with Gasteiger partial charge in [0, 0.05) is 11.3 Å². The zero-order valence-electron chi connectivity index (χ0n) is 14.2. The van der Waals surface area contributed by atoms with Gasteiger partial charge in [-0.05, 0) is 25.1 Å². The van der Waals surface area contributed by atoms with E-state index in [-0.39, 0.29) is 12.4 Å². The number of rotatable bonds is 6. The van der Waals surface area contributed by atoms with Gasteiger partial charge < -0.3 is 14.2 Å². The molecule has 0 radical (unpaired) electrons. The SMILES string of the molecule is CCOC(=O)CC1=Nn2c(nnc2-c2ccc(OC)c(OC)c2)SC1. The maximum atomic E-state index is 11.7. The molecule has 0 N–H and O–H groups in total. The van der Waals surface area contributed by atoms with Crippen LogP contribution in [0, 0.1) is 0 Å². The molecule has 0 unspecified atom stereocenters. The summed E-state index contributed by atoms with van der Waals surface area (Å²) >= 11 is 1.48. The lowest BCUT2D eigenvalue weighted by Crippen LogP contribution is -2.18. The lowest BCUT2D eigenvalue weighted by Gasteiger charge is -2.14. The summed E-state index contributed by atoms with van der Waals surface area (Å²) in [6, 6.07) is 5.48. The average molecular weight is 362 g/mol. The molecule has 0 fully saturated rings. The van der Waals surface area contributed by atoms with Crippen molar-refractivity contribution in [2.45, 2.75) is 18.5 Å². The lowest BCUT2D eigenvalue weighted by atomic mass is 10.2. The van der Waals surface area contributed by atoms with Crippen LogP contribution in [0.2, 0.25) is 0 Å². The van der Waals surface area contributed by atoms with Crippen molar-refractivity contribution < 1.29 is 19.0 Å². The number of hydrogen-bond acceptors (Lipinski definition) is 8. The van der Waals surface area contributed by atoms with Gasteiger partial charge in [-0.1, -0.05) is 11.8 Å². The number of fused-ring (bicyclic) bond motifs is 1. The first kappa shape index (κ1) is 17.3. The van der Waals surface area contributed by atoms with Crippen molar-refractivity contribution in [2.75, 3.05) is 26.6 Å². The summed E-state index contributed by atoms with van der Waals surface area (Å²) in [6.45, 7) is 2.14. The third kappa shape index (κ3) is 3.60. The second-order valence-electron chi connectivity index (χ2n) is 5.12. The van der Waals surface area contributed by atoms with Crippen LogP contribution in [0.4, 0.5) is 0 Å². The van der Waals surface area contributed by atoms with Gasteiger partial charge in [-0.25, -0.2) is 0 Å². The number of carbonyl (C=O) groups excluding carboxylic acids is 1. The third-order valence-electron chi connectivity index (χ3n) is 3.52. The number of benzene rings is 1. The van der Waals surface area contributed by atoms with E-state index in [0.29, 0.717) is 34.8 Å². The fourth-order valence-electron chi connectivity index (χ4n) is 2.38. The molecule has 25 heavy (non-hydrogen) atoms. The second-order valence-corrected chi connectivity index (χ2v) is 6.07. The summed E-state index contributed by atoms with van der Waals surface area (Å²) in [5.74, 6) is 2.10. The maximum absolute atomic E-state index is 11.7. The molecule has 0 saturated heterocycles. The summed E-state index contributed by atoms with van der Waals surface area (Å²) < 4.78 is 17.2. The molecule has 0 spiro atoms. The standard InChI is InChI=1S/C16H18N4O4S/c1-4-24-14(21)8-11-9-25-16-18-17-15(20(16)19-11)10-5-6-12(22-2)13(7-10)23-3/h5-7H,4,8-9H2,1-3H3. The van der Waals surface area contributed by atoms with Gasteiger partial charge in [0.1, 0.15) is 0 Å². The van der Waals surface area contributed by atoms with Gasteiger partial charge >= 0.3 is 5.97 Å². The van der Waals surface area contributed by atoms with Crippen LogP contribution in [0.3, 0.4) is 0 Å². The van der Waals surface area contributed by atoms with Crippen LogP contribution in [-0.4, -0.2) is 53.1 Å². The fraction of sp³-hybridized carbons (Fsp3) is 0.375. The third-order valence-corrected chi connectivity index (χ3v) is 4.51. The van der Waals surface area contributed by atoms with Gasteiger partial charge in [0.2, 0.25) is 5.16 Å². The minimum atomic E-state index is -0.286. The van der Waals surface area contributed by atoms with E-state index < -0.39 is 0 Å². The largest absolute Gasteiger partial charge is 0.493 e. The Bertz CT molecular complexity index is 818. The van der Waals surface area contributed by atoms with Crippen molar-refractivity contribution in [3.8, 4) is 22.9 Å². The van der Waals surface area contributed by atoms with Crippen LogP contribution in [-0.2, 0) is 9.53 Å². The number of thioether (sulfide) groups is 1. The van der Waals surface area contributed by atoms with Gasteiger partial charge in [-0.15, -0.1) is 10.2 Å². The monoisotopic (exact) mass is 362 g/mol. The van der Waals surface area contributed by atoms with E-state index in [1.807, 2.05) is 12.1 Å². The summed E-state index contributed by atoms with van der Waals surface area (Å²) in [5.41, 5.74) is 1.51. The average Bonchev–Trinajstić information content (AvgIpc) is 3.04. The van der Waals surface area contributed by atoms with Crippen LogP contribution in [0.5, 0.6) is 11.5 Å². The molecule has 0 aliphatic carbocycles. The highest BCUT2D eigenvalue weighted by molar-refractivity contribution is 7.99. The van der Waals surface area contributed by atoms with Gasteiger partial charge in [0.15, 0.2) is 17.3 Å². The molecule has 1 aromatic carbocycles. The smallest absolute Gasteiger partial charge is 0.311 e. The molecule has 2 heterocycles. The fourth-order valence-corrected chi connectivity index (χ4v) is 3.19. The molecule has 0 amide bonds. The first-order chi connectivity index (χ1) is 12.2. The number of nitrogens with zero attached hydrogens (tertiary/aromatic N) is 4. The first-order valence-corrected chi connectivity index (χ1v) is 8.67. The van der Waals surface area contributed by atoms with Crippen molar-refractivity contribution in [3.05, 3.63) is 18.2 Å². The molecule has 1 aliphatic rings. The number of esters is 1. The van der Waals surface area contributed by atoms with Crippen molar-refractivity contribution in [1.29, 1.82) is 0 Å². The van der Waals surface area contributed by atoms with E-state index in [9.17, 15) is 4.79 Å². The molecule has 9 heteroatoms. The molecular weight excluding hydrogens is 344 g/mol.